The molecule has 1 aromatic heterocycles. The van der Waals surface area contributed by atoms with E-state index in [2.05, 4.69) is 42.0 Å². The third-order valence-corrected chi connectivity index (χ3v) is 4.98. The summed E-state index contributed by atoms with van der Waals surface area (Å²) in [6, 6.07) is 14.5. The van der Waals surface area contributed by atoms with Gasteiger partial charge < -0.3 is 10.1 Å². The van der Waals surface area contributed by atoms with Gasteiger partial charge in [-0.1, -0.05) is 15.9 Å². The van der Waals surface area contributed by atoms with E-state index < -0.39 is 11.8 Å². The Bertz CT molecular complexity index is 1110. The van der Waals surface area contributed by atoms with Gasteiger partial charge in [-0.25, -0.2) is 5.43 Å². The maximum absolute atomic E-state index is 12.3. The number of rotatable bonds is 5. The van der Waals surface area contributed by atoms with Crippen LogP contribution in [0.25, 0.3) is 11.3 Å². The molecular weight excluding hydrogens is 438 g/mol. The Morgan fingerprint density at radius 3 is 2.79 bits per heavy atom. The molecule has 146 valence electrons. The summed E-state index contributed by atoms with van der Waals surface area (Å²) in [4.78, 5) is 24.5. The second-order valence-electron chi connectivity index (χ2n) is 6.31. The van der Waals surface area contributed by atoms with Crippen LogP contribution in [0.2, 0.25) is 0 Å². The zero-order valence-electron chi connectivity index (χ0n) is 15.3. The molecule has 0 saturated heterocycles. The van der Waals surface area contributed by atoms with E-state index in [1.807, 2.05) is 42.5 Å². The number of halogens is 1. The Balaban J connectivity index is 1.43. The Kier molecular flexibility index (Phi) is 5.13. The summed E-state index contributed by atoms with van der Waals surface area (Å²) in [5.74, 6) is -0.485. The zero-order chi connectivity index (χ0) is 20.4. The highest BCUT2D eigenvalue weighted by Gasteiger charge is 2.29. The molecule has 0 aliphatic carbocycles. The van der Waals surface area contributed by atoms with Crippen molar-refractivity contribution in [3.8, 4) is 17.0 Å². The second kappa shape index (κ2) is 7.88. The molecule has 0 spiro atoms. The number of aromatic nitrogens is 2. The van der Waals surface area contributed by atoms with Gasteiger partial charge in [0.05, 0.1) is 12.8 Å². The number of amides is 2. The Labute approximate surface area is 174 Å². The van der Waals surface area contributed by atoms with Gasteiger partial charge in [0.1, 0.15) is 17.4 Å². The summed E-state index contributed by atoms with van der Waals surface area (Å²) in [7, 11) is 1.60. The lowest BCUT2D eigenvalue weighted by atomic mass is 10.0. The smallest absolute Gasteiger partial charge is 0.289 e. The highest BCUT2D eigenvalue weighted by atomic mass is 79.9. The van der Waals surface area contributed by atoms with Crippen molar-refractivity contribution in [1.29, 1.82) is 0 Å². The van der Waals surface area contributed by atoms with E-state index in [0.29, 0.717) is 5.69 Å². The average Bonchev–Trinajstić information content (AvgIpc) is 3.33. The standard InChI is InChI=1S/C20H16BrN5O3/c1-29-13-5-2-11(3-6-13)17-9-18(25-24-17)20(28)26-22-10-15-14-8-12(21)4-7-16(14)23-19(15)27/h2-10,15H,1H3,(H,23,27)(H,24,25)(H,26,28). The van der Waals surface area contributed by atoms with Crippen LogP contribution in [0.4, 0.5) is 5.69 Å². The van der Waals surface area contributed by atoms with Gasteiger partial charge in [0.2, 0.25) is 5.91 Å². The third kappa shape index (κ3) is 3.90. The van der Waals surface area contributed by atoms with Gasteiger partial charge in [-0.3, -0.25) is 14.7 Å². The monoisotopic (exact) mass is 453 g/mol. The minimum absolute atomic E-state index is 0.195. The first kappa shape index (κ1) is 18.9. The van der Waals surface area contributed by atoms with E-state index in [1.165, 1.54) is 6.21 Å². The van der Waals surface area contributed by atoms with Crippen LogP contribution >= 0.6 is 15.9 Å². The highest BCUT2D eigenvalue weighted by molar-refractivity contribution is 9.10. The molecule has 9 heteroatoms. The molecule has 4 rings (SSSR count). The number of anilines is 1. The molecule has 0 bridgehead atoms. The van der Waals surface area contributed by atoms with Crippen molar-refractivity contribution in [2.24, 2.45) is 5.10 Å². The van der Waals surface area contributed by atoms with Crippen LogP contribution in [0.3, 0.4) is 0 Å². The zero-order valence-corrected chi connectivity index (χ0v) is 16.9. The van der Waals surface area contributed by atoms with Crippen molar-refractivity contribution in [2.45, 2.75) is 5.92 Å². The van der Waals surface area contributed by atoms with E-state index >= 15 is 0 Å². The number of ether oxygens (including phenoxy) is 1. The van der Waals surface area contributed by atoms with Crippen LogP contribution in [-0.4, -0.2) is 35.3 Å². The van der Waals surface area contributed by atoms with Crippen molar-refractivity contribution < 1.29 is 14.3 Å². The van der Waals surface area contributed by atoms with Crippen molar-refractivity contribution in [3.05, 3.63) is 64.3 Å². The molecule has 1 unspecified atom stereocenters. The quantitative estimate of drug-likeness (QED) is 0.406. The molecule has 1 atom stereocenters. The Hall–Kier alpha value is -3.46. The third-order valence-electron chi connectivity index (χ3n) is 4.49. The number of nitrogens with zero attached hydrogens (tertiary/aromatic N) is 2. The van der Waals surface area contributed by atoms with E-state index in [0.717, 1.165) is 27.0 Å². The Morgan fingerprint density at radius 2 is 2.03 bits per heavy atom. The lowest BCUT2D eigenvalue weighted by Crippen LogP contribution is -2.20. The molecule has 2 heterocycles. The van der Waals surface area contributed by atoms with Gasteiger partial charge in [-0.2, -0.15) is 10.2 Å². The van der Waals surface area contributed by atoms with Gasteiger partial charge >= 0.3 is 0 Å². The number of nitrogens with one attached hydrogen (secondary N) is 3. The van der Waals surface area contributed by atoms with Crippen LogP contribution in [-0.2, 0) is 4.79 Å². The predicted molar refractivity (Wildman–Crippen MR) is 112 cm³/mol. The van der Waals surface area contributed by atoms with Crippen molar-refractivity contribution in [3.63, 3.8) is 0 Å². The summed E-state index contributed by atoms with van der Waals surface area (Å²) >= 11 is 3.39. The number of benzene rings is 2. The molecule has 29 heavy (non-hydrogen) atoms. The number of fused-ring (bicyclic) bond motifs is 1. The molecular formula is C20H16BrN5O3. The molecule has 8 nitrogen and oxygen atoms in total. The van der Waals surface area contributed by atoms with Crippen molar-refractivity contribution >= 4 is 39.6 Å². The lowest BCUT2D eigenvalue weighted by molar-refractivity contribution is -0.115. The summed E-state index contributed by atoms with van der Waals surface area (Å²) in [5, 5.41) is 13.6. The average molecular weight is 454 g/mol. The largest absolute Gasteiger partial charge is 0.497 e. The molecule has 2 aromatic carbocycles. The Morgan fingerprint density at radius 1 is 1.24 bits per heavy atom. The maximum Gasteiger partial charge on any atom is 0.289 e. The van der Waals surface area contributed by atoms with Crippen molar-refractivity contribution in [1.82, 2.24) is 15.6 Å². The molecule has 1 aliphatic heterocycles. The fourth-order valence-corrected chi connectivity index (χ4v) is 3.36. The van der Waals surface area contributed by atoms with E-state index in [1.54, 1.807) is 13.2 Å². The van der Waals surface area contributed by atoms with Gasteiger partial charge in [0.15, 0.2) is 0 Å². The summed E-state index contributed by atoms with van der Waals surface area (Å²) in [6.45, 7) is 0. The van der Waals surface area contributed by atoms with E-state index in [-0.39, 0.29) is 11.6 Å². The number of hydrogen-bond donors (Lipinski definition) is 3. The molecule has 3 N–H and O–H groups in total. The number of hydrogen-bond acceptors (Lipinski definition) is 5. The number of carbonyl (C=O) groups is 2. The summed E-state index contributed by atoms with van der Waals surface area (Å²) in [5.41, 5.74) is 5.67. The maximum atomic E-state index is 12.3. The van der Waals surface area contributed by atoms with Gasteiger partial charge in [0, 0.05) is 21.9 Å². The van der Waals surface area contributed by atoms with Gasteiger partial charge in [0.25, 0.3) is 5.91 Å². The van der Waals surface area contributed by atoms with Crippen LogP contribution < -0.4 is 15.5 Å². The fraction of sp³-hybridized carbons (Fsp3) is 0.100. The number of hydrazone groups is 1. The molecule has 0 saturated carbocycles. The molecule has 0 fully saturated rings. The van der Waals surface area contributed by atoms with Crippen molar-refractivity contribution in [2.75, 3.05) is 12.4 Å². The minimum Gasteiger partial charge on any atom is -0.497 e. The SMILES string of the molecule is COc1ccc(-c2cc(C(=O)NN=CC3C(=O)Nc4ccc(Br)cc43)[nH]n2)cc1. The summed E-state index contributed by atoms with van der Waals surface area (Å²) < 4.78 is 5.99. The van der Waals surface area contributed by atoms with E-state index in [9.17, 15) is 9.59 Å². The van der Waals surface area contributed by atoms with Crippen LogP contribution in [0.1, 0.15) is 22.0 Å². The lowest BCUT2D eigenvalue weighted by Gasteiger charge is -2.03. The normalized spacial score (nSPS) is 15.2. The predicted octanol–water partition coefficient (Wildman–Crippen LogP) is 3.30. The first-order valence-corrected chi connectivity index (χ1v) is 9.48. The fourth-order valence-electron chi connectivity index (χ4n) is 2.98. The number of carbonyl (C=O) groups excluding carboxylic acids is 2. The molecule has 2 amide bonds. The molecule has 1 aliphatic rings. The first-order chi connectivity index (χ1) is 14.0. The topological polar surface area (TPSA) is 108 Å². The minimum atomic E-state index is -0.570. The van der Waals surface area contributed by atoms with Gasteiger partial charge in [-0.05, 0) is 54.1 Å². The second-order valence-corrected chi connectivity index (χ2v) is 7.23. The molecule has 3 aromatic rings. The number of methoxy groups -OCH3 is 1. The van der Waals surface area contributed by atoms with Gasteiger partial charge in [-0.15, -0.1) is 0 Å². The number of aromatic amines is 1. The van der Waals surface area contributed by atoms with Crippen LogP contribution in [0, 0.1) is 0 Å². The molecule has 0 radical (unpaired) electrons. The first-order valence-electron chi connectivity index (χ1n) is 8.69. The highest BCUT2D eigenvalue weighted by Crippen LogP contribution is 2.33. The number of H-pyrrole nitrogens is 1. The van der Waals surface area contributed by atoms with Crippen LogP contribution in [0.5, 0.6) is 5.75 Å². The van der Waals surface area contributed by atoms with Crippen LogP contribution in [0.15, 0.2) is 58.1 Å². The van der Waals surface area contributed by atoms with E-state index in [4.69, 9.17) is 4.74 Å². The summed E-state index contributed by atoms with van der Waals surface area (Å²) in [6.07, 6.45) is 1.41.